The lowest BCUT2D eigenvalue weighted by Crippen LogP contribution is -2.38. The van der Waals surface area contributed by atoms with Crippen LogP contribution in [0, 0.1) is 5.92 Å². The van der Waals surface area contributed by atoms with E-state index in [9.17, 15) is 13.6 Å². The summed E-state index contributed by atoms with van der Waals surface area (Å²) < 4.78 is 27.8. The highest BCUT2D eigenvalue weighted by atomic mass is 19.3. The standard InChI is InChI=1S/C16H19F2N3O/c17-16(18)9-11(16)10-20-7-5-12(6-8-20)21-14-4-2-1-3-13(14)19-15(21)22/h1-4,11-12H,5-10H2,(H,19,22). The molecule has 1 aromatic carbocycles. The highest BCUT2D eigenvalue weighted by Crippen LogP contribution is 2.49. The SMILES string of the molecule is O=c1[nH]c2ccccc2n1C1CCN(CC2CC2(F)F)CC1. The number of H-pyrrole nitrogens is 1. The summed E-state index contributed by atoms with van der Waals surface area (Å²) in [5.41, 5.74) is 1.71. The number of hydrogen-bond donors (Lipinski definition) is 1. The first-order chi connectivity index (χ1) is 10.5. The minimum atomic E-state index is -2.44. The van der Waals surface area contributed by atoms with Gasteiger partial charge < -0.3 is 9.88 Å². The molecule has 1 aromatic heterocycles. The predicted molar refractivity (Wildman–Crippen MR) is 80.3 cm³/mol. The van der Waals surface area contributed by atoms with Crippen LogP contribution in [0.25, 0.3) is 11.0 Å². The molecule has 4 nitrogen and oxygen atoms in total. The number of aromatic nitrogens is 2. The molecule has 2 aromatic rings. The fourth-order valence-electron chi connectivity index (χ4n) is 3.58. The molecule has 0 bridgehead atoms. The number of likely N-dealkylation sites (tertiary alicyclic amines) is 1. The van der Waals surface area contributed by atoms with Crippen molar-refractivity contribution < 1.29 is 8.78 Å². The largest absolute Gasteiger partial charge is 0.326 e. The summed E-state index contributed by atoms with van der Waals surface area (Å²) >= 11 is 0. The molecule has 1 atom stereocenters. The number of nitrogens with zero attached hydrogens (tertiary/aromatic N) is 2. The van der Waals surface area contributed by atoms with Gasteiger partial charge >= 0.3 is 5.69 Å². The van der Waals surface area contributed by atoms with Crippen molar-refractivity contribution in [3.05, 3.63) is 34.7 Å². The van der Waals surface area contributed by atoms with Crippen LogP contribution in [0.5, 0.6) is 0 Å². The van der Waals surface area contributed by atoms with Gasteiger partial charge in [0.1, 0.15) is 0 Å². The van der Waals surface area contributed by atoms with Crippen molar-refractivity contribution in [3.63, 3.8) is 0 Å². The molecule has 6 heteroatoms. The van der Waals surface area contributed by atoms with Crippen molar-refractivity contribution in [3.8, 4) is 0 Å². The molecular weight excluding hydrogens is 288 g/mol. The molecule has 2 fully saturated rings. The first-order valence-corrected chi connectivity index (χ1v) is 7.84. The summed E-state index contributed by atoms with van der Waals surface area (Å²) in [4.78, 5) is 17.2. The summed E-state index contributed by atoms with van der Waals surface area (Å²) in [5, 5.41) is 0. The number of benzene rings is 1. The van der Waals surface area contributed by atoms with E-state index in [-0.39, 0.29) is 18.2 Å². The molecule has 1 unspecified atom stereocenters. The number of rotatable bonds is 3. The maximum absolute atomic E-state index is 13.0. The van der Waals surface area contributed by atoms with Crippen LogP contribution in [-0.2, 0) is 0 Å². The summed E-state index contributed by atoms with van der Waals surface area (Å²) in [7, 11) is 0. The average Bonchev–Trinajstić information content (AvgIpc) is 2.94. The Morgan fingerprint density at radius 2 is 1.91 bits per heavy atom. The number of aromatic amines is 1. The molecule has 0 radical (unpaired) electrons. The zero-order chi connectivity index (χ0) is 15.3. The Morgan fingerprint density at radius 1 is 1.23 bits per heavy atom. The fraction of sp³-hybridized carbons (Fsp3) is 0.562. The Balaban J connectivity index is 1.47. The van der Waals surface area contributed by atoms with E-state index in [1.54, 1.807) is 0 Å². The summed E-state index contributed by atoms with van der Waals surface area (Å²) in [6.45, 7) is 2.05. The number of nitrogens with one attached hydrogen (secondary N) is 1. The van der Waals surface area contributed by atoms with Crippen LogP contribution in [0.4, 0.5) is 8.78 Å². The summed E-state index contributed by atoms with van der Waals surface area (Å²) in [6.07, 6.45) is 1.70. The zero-order valence-electron chi connectivity index (χ0n) is 12.3. The topological polar surface area (TPSA) is 41.0 Å². The quantitative estimate of drug-likeness (QED) is 0.947. The van der Waals surface area contributed by atoms with Crippen molar-refractivity contribution >= 4 is 11.0 Å². The Bertz CT molecular complexity index is 743. The monoisotopic (exact) mass is 307 g/mol. The van der Waals surface area contributed by atoms with Gasteiger partial charge in [-0.2, -0.15) is 0 Å². The maximum Gasteiger partial charge on any atom is 0.326 e. The molecule has 118 valence electrons. The molecule has 1 saturated heterocycles. The van der Waals surface area contributed by atoms with Crippen LogP contribution >= 0.6 is 0 Å². The van der Waals surface area contributed by atoms with Gasteiger partial charge in [-0.05, 0) is 25.0 Å². The second-order valence-electron chi connectivity index (χ2n) is 6.51. The smallest absolute Gasteiger partial charge is 0.306 e. The second-order valence-corrected chi connectivity index (χ2v) is 6.51. The van der Waals surface area contributed by atoms with Gasteiger partial charge in [-0.15, -0.1) is 0 Å². The zero-order valence-corrected chi connectivity index (χ0v) is 12.3. The van der Waals surface area contributed by atoms with Gasteiger partial charge in [-0.3, -0.25) is 4.57 Å². The number of fused-ring (bicyclic) bond motifs is 1. The third-order valence-corrected chi connectivity index (χ3v) is 4.98. The third kappa shape index (κ3) is 2.35. The molecule has 0 amide bonds. The maximum atomic E-state index is 13.0. The van der Waals surface area contributed by atoms with Crippen molar-refractivity contribution in [2.75, 3.05) is 19.6 Å². The minimum Gasteiger partial charge on any atom is -0.306 e. The van der Waals surface area contributed by atoms with Crippen molar-refractivity contribution in [2.45, 2.75) is 31.2 Å². The van der Waals surface area contributed by atoms with Gasteiger partial charge in [0, 0.05) is 38.0 Å². The van der Waals surface area contributed by atoms with Gasteiger partial charge in [-0.25, -0.2) is 13.6 Å². The van der Waals surface area contributed by atoms with E-state index >= 15 is 0 Å². The molecule has 4 rings (SSSR count). The van der Waals surface area contributed by atoms with Crippen LogP contribution in [0.1, 0.15) is 25.3 Å². The first kappa shape index (κ1) is 13.9. The van der Waals surface area contributed by atoms with Crippen molar-refractivity contribution in [2.24, 2.45) is 5.92 Å². The Labute approximate surface area is 126 Å². The Morgan fingerprint density at radius 3 is 2.59 bits per heavy atom. The molecule has 1 saturated carbocycles. The highest BCUT2D eigenvalue weighted by Gasteiger charge is 2.57. The molecule has 1 N–H and O–H groups in total. The predicted octanol–water partition coefficient (Wildman–Crippen LogP) is 2.62. The van der Waals surface area contributed by atoms with E-state index in [1.807, 2.05) is 28.8 Å². The van der Waals surface area contributed by atoms with Gasteiger partial charge in [0.05, 0.1) is 11.0 Å². The van der Waals surface area contributed by atoms with Gasteiger partial charge in [0.2, 0.25) is 0 Å². The summed E-state index contributed by atoms with van der Waals surface area (Å²) in [5.74, 6) is -2.90. The molecule has 1 aliphatic heterocycles. The van der Waals surface area contributed by atoms with E-state index in [0.717, 1.165) is 37.0 Å². The lowest BCUT2D eigenvalue weighted by atomic mass is 10.0. The second kappa shape index (κ2) is 4.91. The van der Waals surface area contributed by atoms with E-state index in [0.29, 0.717) is 6.54 Å². The van der Waals surface area contributed by atoms with Crippen molar-refractivity contribution in [1.29, 1.82) is 0 Å². The Hall–Kier alpha value is -1.69. The van der Waals surface area contributed by atoms with E-state index in [1.165, 1.54) is 0 Å². The number of imidazole rings is 1. The molecule has 2 aliphatic rings. The van der Waals surface area contributed by atoms with Crippen LogP contribution in [-0.4, -0.2) is 40.0 Å². The lowest BCUT2D eigenvalue weighted by molar-refractivity contribution is 0.0812. The molecular formula is C16H19F2N3O. The number of hydrogen-bond acceptors (Lipinski definition) is 2. The third-order valence-electron chi connectivity index (χ3n) is 4.98. The van der Waals surface area contributed by atoms with Crippen LogP contribution in [0.2, 0.25) is 0 Å². The highest BCUT2D eigenvalue weighted by molar-refractivity contribution is 5.75. The summed E-state index contributed by atoms with van der Waals surface area (Å²) in [6, 6.07) is 7.83. The normalized spacial score (nSPS) is 25.6. The number of halogens is 2. The van der Waals surface area contributed by atoms with E-state index in [4.69, 9.17) is 0 Å². The molecule has 1 aliphatic carbocycles. The number of para-hydroxylation sites is 2. The average molecular weight is 307 g/mol. The van der Waals surface area contributed by atoms with Crippen LogP contribution < -0.4 is 5.69 Å². The lowest BCUT2D eigenvalue weighted by Gasteiger charge is -2.32. The molecule has 0 spiro atoms. The van der Waals surface area contributed by atoms with E-state index < -0.39 is 11.8 Å². The van der Waals surface area contributed by atoms with Crippen molar-refractivity contribution in [1.82, 2.24) is 14.5 Å². The van der Waals surface area contributed by atoms with Crippen LogP contribution in [0.15, 0.2) is 29.1 Å². The number of piperidine rings is 1. The van der Waals surface area contributed by atoms with Crippen LogP contribution in [0.3, 0.4) is 0 Å². The van der Waals surface area contributed by atoms with Gasteiger partial charge in [0.15, 0.2) is 0 Å². The van der Waals surface area contributed by atoms with Gasteiger partial charge in [0.25, 0.3) is 5.92 Å². The Kier molecular flexibility index (Phi) is 3.11. The fourth-order valence-corrected chi connectivity index (χ4v) is 3.58. The number of alkyl halides is 2. The molecule has 22 heavy (non-hydrogen) atoms. The van der Waals surface area contributed by atoms with Gasteiger partial charge in [-0.1, -0.05) is 12.1 Å². The molecule has 2 heterocycles. The minimum absolute atomic E-state index is 0.0365. The first-order valence-electron chi connectivity index (χ1n) is 7.84. The van der Waals surface area contributed by atoms with E-state index in [2.05, 4.69) is 9.88 Å².